The van der Waals surface area contributed by atoms with E-state index in [-0.39, 0.29) is 30.2 Å². The van der Waals surface area contributed by atoms with E-state index >= 15 is 0 Å². The van der Waals surface area contributed by atoms with E-state index in [1.165, 1.54) is 12.1 Å². The van der Waals surface area contributed by atoms with Crippen molar-refractivity contribution in [1.29, 1.82) is 0 Å². The van der Waals surface area contributed by atoms with Gasteiger partial charge in [-0.25, -0.2) is 9.37 Å². The average Bonchev–Trinajstić information content (AvgIpc) is 2.65. The number of aromatic nitrogens is 2. The van der Waals surface area contributed by atoms with Crippen LogP contribution in [0.3, 0.4) is 0 Å². The van der Waals surface area contributed by atoms with Crippen LogP contribution in [0.15, 0.2) is 65.5 Å². The van der Waals surface area contributed by atoms with Crippen LogP contribution in [0, 0.1) is 12.7 Å². The molecule has 27 heavy (non-hydrogen) atoms. The van der Waals surface area contributed by atoms with Gasteiger partial charge in [0.2, 0.25) is 5.91 Å². The third-order valence-corrected chi connectivity index (χ3v) is 4.25. The van der Waals surface area contributed by atoms with Gasteiger partial charge in [0.1, 0.15) is 11.6 Å². The summed E-state index contributed by atoms with van der Waals surface area (Å²) in [6, 6.07) is 17.2. The highest BCUT2D eigenvalue weighted by Gasteiger charge is 2.21. The maximum Gasteiger partial charge on any atom is 0.251 e. The average molecular weight is 365 g/mol. The van der Waals surface area contributed by atoms with Gasteiger partial charge >= 0.3 is 0 Å². The van der Waals surface area contributed by atoms with Gasteiger partial charge in [-0.3, -0.25) is 9.59 Å². The Hall–Kier alpha value is -3.28. The molecule has 2 aromatic carbocycles. The lowest BCUT2D eigenvalue weighted by atomic mass is 9.88. The molecule has 5 nitrogen and oxygen atoms in total. The third-order valence-electron chi connectivity index (χ3n) is 4.25. The Bertz CT molecular complexity index is 986. The number of hydrogen-bond acceptors (Lipinski definition) is 3. The van der Waals surface area contributed by atoms with Gasteiger partial charge in [0.05, 0.1) is 12.2 Å². The number of nitrogens with one attached hydrogen (secondary N) is 2. The minimum Gasteiger partial charge on any atom is -0.350 e. The monoisotopic (exact) mass is 365 g/mol. The molecule has 3 rings (SSSR count). The first-order valence-corrected chi connectivity index (χ1v) is 8.66. The van der Waals surface area contributed by atoms with Crippen LogP contribution in [0.2, 0.25) is 0 Å². The van der Waals surface area contributed by atoms with Crippen LogP contribution in [0.25, 0.3) is 0 Å². The quantitative estimate of drug-likeness (QED) is 0.705. The van der Waals surface area contributed by atoms with Gasteiger partial charge in [-0.15, -0.1) is 0 Å². The summed E-state index contributed by atoms with van der Waals surface area (Å²) in [4.78, 5) is 30.7. The van der Waals surface area contributed by atoms with Crippen LogP contribution in [0.4, 0.5) is 4.39 Å². The molecule has 6 heteroatoms. The van der Waals surface area contributed by atoms with Crippen molar-refractivity contribution >= 4 is 5.91 Å². The van der Waals surface area contributed by atoms with E-state index in [2.05, 4.69) is 15.3 Å². The number of benzene rings is 2. The molecule has 0 bridgehead atoms. The maximum absolute atomic E-state index is 14.3. The predicted molar refractivity (Wildman–Crippen MR) is 101 cm³/mol. The summed E-state index contributed by atoms with van der Waals surface area (Å²) in [5, 5.41) is 2.77. The summed E-state index contributed by atoms with van der Waals surface area (Å²) in [6.07, 6.45) is 0.0904. The molecule has 1 aromatic heterocycles. The molecule has 1 heterocycles. The van der Waals surface area contributed by atoms with Gasteiger partial charge in [0, 0.05) is 18.4 Å². The van der Waals surface area contributed by atoms with Crippen LogP contribution in [0.5, 0.6) is 0 Å². The Morgan fingerprint density at radius 3 is 2.56 bits per heavy atom. The van der Waals surface area contributed by atoms with Crippen molar-refractivity contribution < 1.29 is 9.18 Å². The standard InChI is InChI=1S/C21H20FN3O2/c1-14-24-16(11-21(27)25-14)13-23-20(26)12-18(15-7-3-2-4-8-15)17-9-5-6-10-19(17)22/h2-11,18H,12-13H2,1H3,(H,23,26)(H,24,25,27). The fourth-order valence-electron chi connectivity index (χ4n) is 3.03. The molecule has 138 valence electrons. The number of hydrogen-bond donors (Lipinski definition) is 2. The molecule has 2 N–H and O–H groups in total. The lowest BCUT2D eigenvalue weighted by Gasteiger charge is -2.18. The zero-order valence-corrected chi connectivity index (χ0v) is 14.9. The summed E-state index contributed by atoms with van der Waals surface area (Å²) in [5.74, 6) is -0.501. The SMILES string of the molecule is Cc1nc(CNC(=O)CC(c2ccccc2)c2ccccc2F)cc(=O)[nH]1. The maximum atomic E-state index is 14.3. The normalized spacial score (nSPS) is 11.8. The van der Waals surface area contributed by atoms with Crippen LogP contribution in [0.1, 0.15) is 35.0 Å². The number of carbonyl (C=O) groups is 1. The molecule has 0 aliphatic carbocycles. The molecule has 3 aromatic rings. The van der Waals surface area contributed by atoms with Gasteiger partial charge in [-0.05, 0) is 24.1 Å². The molecule has 0 saturated carbocycles. The van der Waals surface area contributed by atoms with E-state index < -0.39 is 5.92 Å². The van der Waals surface area contributed by atoms with E-state index in [0.29, 0.717) is 17.1 Å². The number of aryl methyl sites for hydroxylation is 1. The van der Waals surface area contributed by atoms with Crippen LogP contribution in [-0.4, -0.2) is 15.9 Å². The molecule has 0 radical (unpaired) electrons. The van der Waals surface area contributed by atoms with Crippen LogP contribution >= 0.6 is 0 Å². The fourth-order valence-corrected chi connectivity index (χ4v) is 3.03. The molecule has 0 spiro atoms. The molecule has 0 aliphatic heterocycles. The minimum absolute atomic E-state index is 0.0904. The second-order valence-corrected chi connectivity index (χ2v) is 6.29. The van der Waals surface area contributed by atoms with Crippen molar-refractivity contribution in [3.05, 3.63) is 99.5 Å². The molecule has 0 saturated heterocycles. The first-order valence-electron chi connectivity index (χ1n) is 8.66. The largest absolute Gasteiger partial charge is 0.350 e. The van der Waals surface area contributed by atoms with Crippen molar-refractivity contribution in [2.45, 2.75) is 25.8 Å². The number of aromatic amines is 1. The first kappa shape index (κ1) is 18.5. The highest BCUT2D eigenvalue weighted by atomic mass is 19.1. The number of H-pyrrole nitrogens is 1. The van der Waals surface area contributed by atoms with Gasteiger partial charge in [0.15, 0.2) is 0 Å². The molecule has 1 atom stereocenters. The summed E-state index contributed by atoms with van der Waals surface area (Å²) >= 11 is 0. The van der Waals surface area contributed by atoms with Gasteiger partial charge in [-0.1, -0.05) is 48.5 Å². The predicted octanol–water partition coefficient (Wildman–Crippen LogP) is 3.06. The number of carbonyl (C=O) groups excluding carboxylic acids is 1. The van der Waals surface area contributed by atoms with Crippen molar-refractivity contribution in [1.82, 2.24) is 15.3 Å². The molecule has 0 aliphatic rings. The number of nitrogens with zero attached hydrogens (tertiary/aromatic N) is 1. The topological polar surface area (TPSA) is 74.8 Å². The lowest BCUT2D eigenvalue weighted by molar-refractivity contribution is -0.121. The Morgan fingerprint density at radius 2 is 1.85 bits per heavy atom. The van der Waals surface area contributed by atoms with E-state index in [1.54, 1.807) is 25.1 Å². The van der Waals surface area contributed by atoms with Gasteiger partial charge in [-0.2, -0.15) is 0 Å². The summed E-state index contributed by atoms with van der Waals surface area (Å²) in [7, 11) is 0. The number of amides is 1. The Kier molecular flexibility index (Phi) is 5.76. The first-order chi connectivity index (χ1) is 13.0. The van der Waals surface area contributed by atoms with Gasteiger partial charge < -0.3 is 10.3 Å². The van der Waals surface area contributed by atoms with E-state index in [4.69, 9.17) is 0 Å². The fraction of sp³-hybridized carbons (Fsp3) is 0.190. The van der Waals surface area contributed by atoms with E-state index in [1.807, 2.05) is 30.3 Å². The van der Waals surface area contributed by atoms with Crippen LogP contribution in [-0.2, 0) is 11.3 Å². The smallest absolute Gasteiger partial charge is 0.251 e. The Balaban J connectivity index is 1.77. The second-order valence-electron chi connectivity index (χ2n) is 6.29. The van der Waals surface area contributed by atoms with E-state index in [0.717, 1.165) is 5.56 Å². The highest BCUT2D eigenvalue weighted by molar-refractivity contribution is 5.77. The van der Waals surface area contributed by atoms with Crippen LogP contribution < -0.4 is 10.9 Å². The highest BCUT2D eigenvalue weighted by Crippen LogP contribution is 2.29. The summed E-state index contributed by atoms with van der Waals surface area (Å²) in [5.41, 5.74) is 1.55. The minimum atomic E-state index is -0.402. The Morgan fingerprint density at radius 1 is 1.15 bits per heavy atom. The van der Waals surface area contributed by atoms with E-state index in [9.17, 15) is 14.0 Å². The summed E-state index contributed by atoms with van der Waals surface area (Å²) < 4.78 is 14.3. The number of halogens is 1. The molecule has 0 fully saturated rings. The zero-order valence-electron chi connectivity index (χ0n) is 14.9. The third kappa shape index (κ3) is 4.88. The lowest BCUT2D eigenvalue weighted by Crippen LogP contribution is -2.26. The Labute approximate surface area is 156 Å². The van der Waals surface area contributed by atoms with Crippen molar-refractivity contribution in [2.75, 3.05) is 0 Å². The molecule has 1 amide bonds. The van der Waals surface area contributed by atoms with Crippen molar-refractivity contribution in [3.8, 4) is 0 Å². The summed E-state index contributed by atoms with van der Waals surface area (Å²) in [6.45, 7) is 1.82. The number of rotatable bonds is 6. The van der Waals surface area contributed by atoms with Crippen molar-refractivity contribution in [2.24, 2.45) is 0 Å². The second kappa shape index (κ2) is 8.40. The molecular weight excluding hydrogens is 345 g/mol. The molecular formula is C21H20FN3O2. The van der Waals surface area contributed by atoms with Gasteiger partial charge in [0.25, 0.3) is 5.56 Å². The zero-order chi connectivity index (χ0) is 19.2. The van der Waals surface area contributed by atoms with Crippen molar-refractivity contribution in [3.63, 3.8) is 0 Å². The molecule has 1 unspecified atom stereocenters.